The van der Waals surface area contributed by atoms with Gasteiger partial charge in [0.15, 0.2) is 11.4 Å². The Kier molecular flexibility index (Phi) is 5.63. The second-order valence-corrected chi connectivity index (χ2v) is 7.42. The minimum Gasteiger partial charge on any atom is -0.379 e. The number of nitrogens with one attached hydrogen (secondary N) is 2. The number of hydrogen-bond donors (Lipinski definition) is 4. The molecule has 1 aromatic heterocycles. The molecule has 2 aromatic rings. The van der Waals surface area contributed by atoms with Crippen molar-refractivity contribution in [2.75, 3.05) is 22.9 Å². The highest BCUT2D eigenvalue weighted by atomic mass is 32.2. The van der Waals surface area contributed by atoms with Crippen molar-refractivity contribution in [1.82, 2.24) is 9.97 Å². The normalized spacial score (nSPS) is 21.0. The number of aliphatic hydroxyl groups excluding tert-OH is 1. The maximum atomic E-state index is 10.4. The molecular weight excluding hydrogens is 348 g/mol. The van der Waals surface area contributed by atoms with Crippen LogP contribution in [-0.2, 0) is 5.54 Å². The highest BCUT2D eigenvalue weighted by molar-refractivity contribution is 8.13. The van der Waals surface area contributed by atoms with E-state index >= 15 is 0 Å². The molecule has 0 saturated carbocycles. The SMILES string of the molecule is CCNc1cnc(C(O)Nc2cccc([C@]3(C)CCSC(N)=N3)c2)cn1. The average molecular weight is 372 g/mol. The molecule has 0 spiro atoms. The molecule has 0 amide bonds. The van der Waals surface area contributed by atoms with Crippen molar-refractivity contribution >= 4 is 28.4 Å². The van der Waals surface area contributed by atoms with Crippen LogP contribution >= 0.6 is 11.8 Å². The molecule has 3 rings (SSSR count). The van der Waals surface area contributed by atoms with E-state index in [1.54, 1.807) is 24.2 Å². The maximum Gasteiger partial charge on any atom is 0.169 e. The standard InChI is InChI=1S/C18H24N6OS/c1-3-20-15-11-21-14(10-22-15)16(25)23-13-6-4-5-12(9-13)18(2)7-8-26-17(19)24-18/h4-6,9-11,16,23,25H,3,7-8H2,1-2H3,(H2,19,24)(H,20,22)/t16?,18-/m0/s1. The lowest BCUT2D eigenvalue weighted by atomic mass is 9.89. The maximum absolute atomic E-state index is 10.4. The van der Waals surface area contributed by atoms with E-state index in [9.17, 15) is 5.11 Å². The fourth-order valence-corrected chi connectivity index (χ4v) is 3.80. The third-order valence-electron chi connectivity index (χ3n) is 4.29. The van der Waals surface area contributed by atoms with Crippen molar-refractivity contribution in [3.63, 3.8) is 0 Å². The van der Waals surface area contributed by atoms with Gasteiger partial charge >= 0.3 is 0 Å². The zero-order valence-electron chi connectivity index (χ0n) is 14.9. The molecule has 2 heterocycles. The van der Waals surface area contributed by atoms with Crippen molar-refractivity contribution in [1.29, 1.82) is 0 Å². The van der Waals surface area contributed by atoms with Gasteiger partial charge in [-0.15, -0.1) is 0 Å². The highest BCUT2D eigenvalue weighted by Crippen LogP contribution is 2.36. The van der Waals surface area contributed by atoms with E-state index < -0.39 is 6.23 Å². The predicted octanol–water partition coefficient (Wildman–Crippen LogP) is 2.68. The number of nitrogens with zero attached hydrogens (tertiary/aromatic N) is 3. The second-order valence-electron chi connectivity index (χ2n) is 6.31. The Morgan fingerprint density at radius 3 is 2.88 bits per heavy atom. The van der Waals surface area contributed by atoms with Gasteiger partial charge in [-0.1, -0.05) is 23.9 Å². The molecule has 1 aliphatic heterocycles. The third-order valence-corrected chi connectivity index (χ3v) is 5.09. The fraction of sp³-hybridized carbons (Fsp3) is 0.389. The summed E-state index contributed by atoms with van der Waals surface area (Å²) < 4.78 is 0. The van der Waals surface area contributed by atoms with Crippen molar-refractivity contribution < 1.29 is 5.11 Å². The number of aliphatic imine (C=N–C) groups is 1. The van der Waals surface area contributed by atoms with Gasteiger partial charge in [-0.25, -0.2) is 4.98 Å². The molecule has 0 bridgehead atoms. The van der Waals surface area contributed by atoms with Crippen molar-refractivity contribution in [3.05, 3.63) is 47.9 Å². The van der Waals surface area contributed by atoms with Gasteiger partial charge in [0.25, 0.3) is 0 Å². The Hall–Kier alpha value is -2.32. The molecule has 0 saturated heterocycles. The van der Waals surface area contributed by atoms with Crippen LogP contribution in [-0.4, -0.2) is 32.5 Å². The first-order valence-corrected chi connectivity index (χ1v) is 9.58. The molecule has 2 atom stereocenters. The van der Waals surface area contributed by atoms with Gasteiger partial charge in [0, 0.05) is 18.0 Å². The van der Waals surface area contributed by atoms with Crippen molar-refractivity contribution in [3.8, 4) is 0 Å². The Labute approximate surface area is 157 Å². The quantitative estimate of drug-likeness (QED) is 0.577. The summed E-state index contributed by atoms with van der Waals surface area (Å²) in [7, 11) is 0. The van der Waals surface area contributed by atoms with Gasteiger partial charge in [-0.2, -0.15) is 0 Å². The Balaban J connectivity index is 1.75. The zero-order valence-corrected chi connectivity index (χ0v) is 15.8. The first-order valence-electron chi connectivity index (χ1n) is 8.59. The van der Waals surface area contributed by atoms with Crippen LogP contribution in [0.15, 0.2) is 41.7 Å². The van der Waals surface area contributed by atoms with Crippen LogP contribution in [0, 0.1) is 0 Å². The van der Waals surface area contributed by atoms with Gasteiger partial charge in [0.2, 0.25) is 0 Å². The van der Waals surface area contributed by atoms with Crippen LogP contribution < -0.4 is 16.4 Å². The first kappa shape index (κ1) is 18.5. The van der Waals surface area contributed by atoms with Gasteiger partial charge < -0.3 is 21.5 Å². The molecule has 26 heavy (non-hydrogen) atoms. The third kappa shape index (κ3) is 4.25. The summed E-state index contributed by atoms with van der Waals surface area (Å²) in [6.07, 6.45) is 3.14. The van der Waals surface area contributed by atoms with Gasteiger partial charge in [-0.3, -0.25) is 9.98 Å². The first-order chi connectivity index (χ1) is 12.5. The number of aromatic nitrogens is 2. The molecule has 1 aliphatic rings. The lowest BCUT2D eigenvalue weighted by Gasteiger charge is -2.30. The fourth-order valence-electron chi connectivity index (χ4n) is 2.82. The molecule has 0 fully saturated rings. The topological polar surface area (TPSA) is 108 Å². The number of benzene rings is 1. The van der Waals surface area contributed by atoms with Crippen LogP contribution in [0.2, 0.25) is 0 Å². The Morgan fingerprint density at radius 2 is 2.19 bits per heavy atom. The summed E-state index contributed by atoms with van der Waals surface area (Å²) >= 11 is 1.58. The zero-order chi connectivity index (χ0) is 18.6. The van der Waals surface area contributed by atoms with Crippen molar-refractivity contribution in [2.24, 2.45) is 10.7 Å². The number of nitrogens with two attached hydrogens (primary N) is 1. The van der Waals surface area contributed by atoms with Crippen LogP contribution in [0.4, 0.5) is 11.5 Å². The molecule has 0 radical (unpaired) electrons. The van der Waals surface area contributed by atoms with E-state index in [1.165, 1.54) is 0 Å². The molecule has 1 unspecified atom stereocenters. The summed E-state index contributed by atoms with van der Waals surface area (Å²) in [5.41, 5.74) is 7.88. The van der Waals surface area contributed by atoms with E-state index in [4.69, 9.17) is 5.73 Å². The molecule has 7 nitrogen and oxygen atoms in total. The molecule has 1 aromatic carbocycles. The molecule has 8 heteroatoms. The molecule has 5 N–H and O–H groups in total. The second kappa shape index (κ2) is 7.92. The summed E-state index contributed by atoms with van der Waals surface area (Å²) in [5, 5.41) is 17.2. The van der Waals surface area contributed by atoms with E-state index in [0.717, 1.165) is 30.0 Å². The number of rotatable bonds is 6. The lowest BCUT2D eigenvalue weighted by molar-refractivity contribution is 0.203. The van der Waals surface area contributed by atoms with Crippen LogP contribution in [0.3, 0.4) is 0 Å². The number of amidine groups is 1. The number of aliphatic hydroxyl groups is 1. The summed E-state index contributed by atoms with van der Waals surface area (Å²) in [5.74, 6) is 1.63. The summed E-state index contributed by atoms with van der Waals surface area (Å²) in [4.78, 5) is 13.1. The largest absolute Gasteiger partial charge is 0.379 e. The Morgan fingerprint density at radius 1 is 1.35 bits per heavy atom. The van der Waals surface area contributed by atoms with Crippen LogP contribution in [0.1, 0.15) is 37.8 Å². The predicted molar refractivity (Wildman–Crippen MR) is 107 cm³/mol. The molecular formula is C18H24N6OS. The number of anilines is 2. The summed E-state index contributed by atoms with van der Waals surface area (Å²) in [6.45, 7) is 4.84. The minimum absolute atomic E-state index is 0.342. The lowest BCUT2D eigenvalue weighted by Crippen LogP contribution is -2.28. The van der Waals surface area contributed by atoms with Crippen LogP contribution in [0.5, 0.6) is 0 Å². The highest BCUT2D eigenvalue weighted by Gasteiger charge is 2.29. The summed E-state index contributed by atoms with van der Waals surface area (Å²) in [6, 6.07) is 7.88. The molecule has 0 aliphatic carbocycles. The minimum atomic E-state index is -0.947. The number of thioether (sulfide) groups is 1. The van der Waals surface area contributed by atoms with Gasteiger partial charge in [-0.05, 0) is 38.0 Å². The Bertz CT molecular complexity index is 782. The van der Waals surface area contributed by atoms with E-state index in [2.05, 4.69) is 32.5 Å². The van der Waals surface area contributed by atoms with Gasteiger partial charge in [0.05, 0.1) is 17.9 Å². The number of hydrogen-bond acceptors (Lipinski definition) is 8. The van der Waals surface area contributed by atoms with E-state index in [1.807, 2.05) is 31.2 Å². The molecule has 138 valence electrons. The van der Waals surface area contributed by atoms with Gasteiger partial charge in [0.1, 0.15) is 11.5 Å². The van der Waals surface area contributed by atoms with E-state index in [-0.39, 0.29) is 5.54 Å². The van der Waals surface area contributed by atoms with E-state index in [0.29, 0.717) is 16.7 Å². The van der Waals surface area contributed by atoms with Crippen molar-refractivity contribution in [2.45, 2.75) is 32.0 Å². The smallest absolute Gasteiger partial charge is 0.169 e. The van der Waals surface area contributed by atoms with Crippen LogP contribution in [0.25, 0.3) is 0 Å². The average Bonchev–Trinajstić information content (AvgIpc) is 2.63. The monoisotopic (exact) mass is 372 g/mol.